The van der Waals surface area contributed by atoms with Gasteiger partial charge in [-0.25, -0.2) is 8.42 Å². The number of hydrazine groups is 1. The Morgan fingerprint density at radius 2 is 1.29 bits per heavy atom. The Bertz CT molecular complexity index is 1010. The van der Waals surface area contributed by atoms with Crippen molar-refractivity contribution < 1.29 is 13.2 Å². The molecule has 0 aliphatic rings. The minimum Gasteiger partial charge on any atom is -0.275 e. The zero-order chi connectivity index (χ0) is 20.2. The molecular weight excluding hydrogens is 396 g/mol. The van der Waals surface area contributed by atoms with Crippen molar-refractivity contribution in [2.45, 2.75) is 16.7 Å². The quantitative estimate of drug-likeness (QED) is 0.479. The number of carbonyl (C=O) groups excluding carboxylic acids is 1. The Morgan fingerprint density at radius 1 is 0.821 bits per heavy atom. The third kappa shape index (κ3) is 4.09. The maximum Gasteiger partial charge on any atom is 0.265 e. The number of nitrogens with one attached hydrogen (secondary N) is 2. The fraction of sp³-hybridized carbons (Fsp3) is 0.0952. The number of amides is 1. The first kappa shape index (κ1) is 20.1. The van der Waals surface area contributed by atoms with Crippen LogP contribution in [-0.2, 0) is 19.7 Å². The van der Waals surface area contributed by atoms with Gasteiger partial charge in [0.2, 0.25) is 0 Å². The molecule has 7 heteroatoms. The van der Waals surface area contributed by atoms with Crippen LogP contribution in [0.3, 0.4) is 0 Å². The highest BCUT2D eigenvalue weighted by Crippen LogP contribution is 2.36. The van der Waals surface area contributed by atoms with Crippen LogP contribution in [0, 0.1) is 6.92 Å². The summed E-state index contributed by atoms with van der Waals surface area (Å²) in [6.45, 7) is 1.85. The number of carbonyl (C=O) groups is 1. The van der Waals surface area contributed by atoms with Crippen LogP contribution in [0.25, 0.3) is 0 Å². The first-order valence-electron chi connectivity index (χ1n) is 8.53. The number of benzene rings is 3. The first-order chi connectivity index (χ1) is 13.3. The molecule has 28 heavy (non-hydrogen) atoms. The SMILES string of the molecule is Cc1ccc(S(=O)(=O)NNC(=O)C(Cl)(c2ccccc2)c2ccccc2)cc1. The van der Waals surface area contributed by atoms with Crippen LogP contribution in [0.2, 0.25) is 0 Å². The average Bonchev–Trinajstić information content (AvgIpc) is 2.73. The summed E-state index contributed by atoms with van der Waals surface area (Å²) in [6.07, 6.45) is 0. The second kappa shape index (κ2) is 8.14. The first-order valence-corrected chi connectivity index (χ1v) is 10.4. The summed E-state index contributed by atoms with van der Waals surface area (Å²) >= 11 is 6.79. The summed E-state index contributed by atoms with van der Waals surface area (Å²) in [5, 5.41) is 0. The zero-order valence-electron chi connectivity index (χ0n) is 15.1. The van der Waals surface area contributed by atoms with Crippen LogP contribution < -0.4 is 10.3 Å². The molecule has 0 spiro atoms. The third-order valence-electron chi connectivity index (χ3n) is 4.29. The van der Waals surface area contributed by atoms with Gasteiger partial charge in [-0.3, -0.25) is 10.2 Å². The monoisotopic (exact) mass is 414 g/mol. The van der Waals surface area contributed by atoms with Gasteiger partial charge in [0.15, 0.2) is 4.87 Å². The van der Waals surface area contributed by atoms with Gasteiger partial charge in [-0.05, 0) is 30.2 Å². The van der Waals surface area contributed by atoms with Gasteiger partial charge in [0.05, 0.1) is 4.90 Å². The van der Waals surface area contributed by atoms with Gasteiger partial charge in [-0.2, -0.15) is 0 Å². The third-order valence-corrected chi connectivity index (χ3v) is 6.16. The summed E-state index contributed by atoms with van der Waals surface area (Å²) in [7, 11) is -3.94. The zero-order valence-corrected chi connectivity index (χ0v) is 16.7. The normalized spacial score (nSPS) is 11.8. The van der Waals surface area contributed by atoms with Crippen molar-refractivity contribution in [3.63, 3.8) is 0 Å². The minimum absolute atomic E-state index is 0.0398. The summed E-state index contributed by atoms with van der Waals surface area (Å²) < 4.78 is 25.0. The van der Waals surface area contributed by atoms with E-state index >= 15 is 0 Å². The fourth-order valence-corrected chi connectivity index (χ4v) is 3.88. The Hall–Kier alpha value is -2.67. The molecule has 3 aromatic rings. The number of halogens is 1. The van der Waals surface area contributed by atoms with Gasteiger partial charge < -0.3 is 0 Å². The number of hydrogen-bond donors (Lipinski definition) is 2. The minimum atomic E-state index is -3.94. The van der Waals surface area contributed by atoms with E-state index in [4.69, 9.17) is 11.6 Å². The molecule has 1 amide bonds. The molecule has 0 unspecified atom stereocenters. The standard InChI is InChI=1S/C21H19ClN2O3S/c1-16-12-14-19(15-13-16)28(26,27)24-23-20(25)21(22,17-8-4-2-5-9-17)18-10-6-3-7-11-18/h2-15,24H,1H3,(H,23,25). The average molecular weight is 415 g/mol. The van der Waals surface area contributed by atoms with E-state index in [9.17, 15) is 13.2 Å². The second-order valence-corrected chi connectivity index (χ2v) is 8.51. The topological polar surface area (TPSA) is 75.3 Å². The van der Waals surface area contributed by atoms with E-state index in [2.05, 4.69) is 10.3 Å². The molecular formula is C21H19ClN2O3S. The van der Waals surface area contributed by atoms with Crippen molar-refractivity contribution in [1.29, 1.82) is 0 Å². The molecule has 0 heterocycles. The Balaban J connectivity index is 1.90. The summed E-state index contributed by atoms with van der Waals surface area (Å²) in [4.78, 5) is 13.6. The summed E-state index contributed by atoms with van der Waals surface area (Å²) in [5.74, 6) is -0.706. The van der Waals surface area contributed by atoms with Crippen molar-refractivity contribution in [3.8, 4) is 0 Å². The van der Waals surface area contributed by atoms with Gasteiger partial charge in [0.1, 0.15) is 0 Å². The van der Waals surface area contributed by atoms with Crippen molar-refractivity contribution in [1.82, 2.24) is 10.3 Å². The predicted octanol–water partition coefficient (Wildman–Crippen LogP) is 3.49. The molecule has 0 radical (unpaired) electrons. The van der Waals surface area contributed by atoms with Crippen LogP contribution in [-0.4, -0.2) is 14.3 Å². The lowest BCUT2D eigenvalue weighted by Crippen LogP contribution is -2.49. The van der Waals surface area contributed by atoms with Crippen molar-refractivity contribution >= 4 is 27.5 Å². The van der Waals surface area contributed by atoms with E-state index in [-0.39, 0.29) is 4.90 Å². The van der Waals surface area contributed by atoms with Gasteiger partial charge in [0, 0.05) is 0 Å². The van der Waals surface area contributed by atoms with E-state index in [1.807, 2.05) is 19.1 Å². The van der Waals surface area contributed by atoms with E-state index in [0.29, 0.717) is 11.1 Å². The lowest BCUT2D eigenvalue weighted by atomic mass is 9.89. The molecule has 5 nitrogen and oxygen atoms in total. The number of hydrogen-bond acceptors (Lipinski definition) is 3. The van der Waals surface area contributed by atoms with Crippen LogP contribution in [0.1, 0.15) is 16.7 Å². The largest absolute Gasteiger partial charge is 0.275 e. The van der Waals surface area contributed by atoms with E-state index in [1.54, 1.807) is 60.7 Å². The van der Waals surface area contributed by atoms with Gasteiger partial charge >= 0.3 is 0 Å². The lowest BCUT2D eigenvalue weighted by Gasteiger charge is -2.27. The van der Waals surface area contributed by atoms with E-state index in [1.165, 1.54) is 12.1 Å². The molecule has 0 aromatic heterocycles. The molecule has 2 N–H and O–H groups in total. The second-order valence-electron chi connectivity index (χ2n) is 6.26. The van der Waals surface area contributed by atoms with Crippen molar-refractivity contribution in [2.75, 3.05) is 0 Å². The maximum atomic E-state index is 13.0. The van der Waals surface area contributed by atoms with Crippen LogP contribution in [0.5, 0.6) is 0 Å². The van der Waals surface area contributed by atoms with Crippen LogP contribution >= 0.6 is 11.6 Å². The molecule has 0 aliphatic heterocycles. The number of rotatable bonds is 6. The molecule has 0 aliphatic carbocycles. The molecule has 0 fully saturated rings. The Labute approximate surface area is 169 Å². The van der Waals surface area contributed by atoms with Gasteiger partial charge in [-0.1, -0.05) is 90.0 Å². The van der Waals surface area contributed by atoms with Crippen LogP contribution in [0.4, 0.5) is 0 Å². The highest BCUT2D eigenvalue weighted by Gasteiger charge is 2.40. The Morgan fingerprint density at radius 3 is 1.75 bits per heavy atom. The number of sulfonamides is 1. The van der Waals surface area contributed by atoms with Crippen molar-refractivity contribution in [2.24, 2.45) is 0 Å². The highest BCUT2D eigenvalue weighted by molar-refractivity contribution is 7.89. The van der Waals surface area contributed by atoms with Crippen LogP contribution in [0.15, 0.2) is 89.8 Å². The molecule has 3 rings (SSSR count). The van der Waals surface area contributed by atoms with Gasteiger partial charge in [0.25, 0.3) is 15.9 Å². The number of alkyl halides is 1. The lowest BCUT2D eigenvalue weighted by molar-refractivity contribution is -0.123. The summed E-state index contributed by atoms with van der Waals surface area (Å²) in [6, 6.07) is 23.8. The molecule has 0 saturated heterocycles. The predicted molar refractivity (Wildman–Crippen MR) is 109 cm³/mol. The molecule has 144 valence electrons. The van der Waals surface area contributed by atoms with E-state index in [0.717, 1.165) is 5.56 Å². The fourth-order valence-electron chi connectivity index (χ4n) is 2.74. The van der Waals surface area contributed by atoms with Gasteiger partial charge in [-0.15, -0.1) is 4.83 Å². The Kier molecular flexibility index (Phi) is 5.84. The van der Waals surface area contributed by atoms with Crippen molar-refractivity contribution in [3.05, 3.63) is 102 Å². The molecule has 0 atom stereocenters. The van der Waals surface area contributed by atoms with E-state index < -0.39 is 20.8 Å². The molecule has 0 saturated carbocycles. The maximum absolute atomic E-state index is 13.0. The smallest absolute Gasteiger partial charge is 0.265 e. The highest BCUT2D eigenvalue weighted by atomic mass is 35.5. The summed E-state index contributed by atoms with van der Waals surface area (Å²) in [5.41, 5.74) is 4.24. The molecule has 3 aromatic carbocycles. The molecule has 0 bridgehead atoms. The number of aryl methyl sites for hydroxylation is 1.